The number of hydrogen-bond donors (Lipinski definition) is 0. The van der Waals surface area contributed by atoms with Gasteiger partial charge < -0.3 is 0 Å². The predicted octanol–water partition coefficient (Wildman–Crippen LogP) is 12.1. The fraction of sp³-hybridized carbons (Fsp3) is 0.0870. The van der Waals surface area contributed by atoms with Gasteiger partial charge in [0, 0.05) is 16.7 Å². The third kappa shape index (κ3) is 5.60. The number of fused-ring (bicyclic) bond motifs is 3. The topological polar surface area (TPSA) is 34.1 Å². The summed E-state index contributed by atoms with van der Waals surface area (Å²) in [5.41, 5.74) is 13.0. The fourth-order valence-corrected chi connectivity index (χ4v) is 8.86. The van der Waals surface area contributed by atoms with Crippen LogP contribution in [0.3, 0.4) is 0 Å². The van der Waals surface area contributed by atoms with Crippen LogP contribution in [-0.2, 0) is 15.3 Å². The van der Waals surface area contributed by atoms with Crippen molar-refractivity contribution >= 4 is 9.84 Å². The maximum absolute atomic E-state index is 14.2. The monoisotopic (exact) mass is 652 g/mol. The maximum atomic E-state index is 14.2. The highest BCUT2D eigenvalue weighted by atomic mass is 32.2. The Bertz CT molecular complexity index is 2410. The largest absolute Gasteiger partial charge is 0.218 e. The normalized spacial score (nSPS) is 13.1. The van der Waals surface area contributed by atoms with E-state index in [1.807, 2.05) is 54.6 Å². The molecule has 0 aliphatic carbocycles. The van der Waals surface area contributed by atoms with Gasteiger partial charge in [-0.15, -0.1) is 0 Å². The van der Waals surface area contributed by atoms with Crippen molar-refractivity contribution in [1.29, 1.82) is 0 Å². The van der Waals surface area contributed by atoms with Crippen molar-refractivity contribution in [3.63, 3.8) is 0 Å². The van der Waals surface area contributed by atoms with Crippen LogP contribution >= 0.6 is 0 Å². The van der Waals surface area contributed by atoms with Crippen molar-refractivity contribution < 1.29 is 8.42 Å². The molecule has 3 heteroatoms. The zero-order chi connectivity index (χ0) is 33.8. The molecule has 0 N–H and O–H groups in total. The lowest BCUT2D eigenvalue weighted by molar-refractivity contribution is 0.585. The molecule has 0 bridgehead atoms. The predicted molar refractivity (Wildman–Crippen MR) is 203 cm³/mol. The Morgan fingerprint density at radius 2 is 0.796 bits per heavy atom. The van der Waals surface area contributed by atoms with Gasteiger partial charge in [-0.3, -0.25) is 0 Å². The van der Waals surface area contributed by atoms with Gasteiger partial charge in [-0.2, -0.15) is 0 Å². The van der Waals surface area contributed by atoms with Crippen molar-refractivity contribution in [2.75, 3.05) is 0 Å². The first kappa shape index (κ1) is 30.8. The number of rotatable bonds is 5. The van der Waals surface area contributed by atoms with E-state index in [9.17, 15) is 8.42 Å². The molecular formula is C46H36O2S. The summed E-state index contributed by atoms with van der Waals surface area (Å²) in [6, 6.07) is 56.4. The lowest BCUT2D eigenvalue weighted by atomic mass is 9.86. The minimum absolute atomic E-state index is 0.156. The van der Waals surface area contributed by atoms with Gasteiger partial charge in [-0.1, -0.05) is 148 Å². The van der Waals surface area contributed by atoms with Crippen molar-refractivity contribution in [3.8, 4) is 66.8 Å². The van der Waals surface area contributed by atoms with Crippen molar-refractivity contribution in [2.45, 2.75) is 36.0 Å². The van der Waals surface area contributed by atoms with Gasteiger partial charge in [0.25, 0.3) is 0 Å². The smallest absolute Gasteiger partial charge is 0.208 e. The molecule has 0 saturated heterocycles. The molecule has 49 heavy (non-hydrogen) atoms. The molecule has 1 heterocycles. The van der Waals surface area contributed by atoms with Gasteiger partial charge in [0.1, 0.15) is 0 Å². The van der Waals surface area contributed by atoms with Gasteiger partial charge in [0.2, 0.25) is 9.84 Å². The van der Waals surface area contributed by atoms with Crippen molar-refractivity contribution in [2.24, 2.45) is 0 Å². The first-order chi connectivity index (χ1) is 23.7. The van der Waals surface area contributed by atoms with Crippen molar-refractivity contribution in [1.82, 2.24) is 0 Å². The molecular weight excluding hydrogens is 617 g/mol. The highest BCUT2D eigenvalue weighted by Gasteiger charge is 2.36. The molecule has 0 amide bonds. The van der Waals surface area contributed by atoms with Crippen LogP contribution in [0.4, 0.5) is 0 Å². The Morgan fingerprint density at radius 1 is 0.367 bits per heavy atom. The Morgan fingerprint density at radius 3 is 1.37 bits per heavy atom. The Kier molecular flexibility index (Phi) is 7.46. The fourth-order valence-electron chi connectivity index (χ4n) is 6.94. The molecule has 1 aliphatic heterocycles. The van der Waals surface area contributed by atoms with Crippen LogP contribution in [-0.4, -0.2) is 8.42 Å². The molecule has 2 nitrogen and oxygen atoms in total. The van der Waals surface area contributed by atoms with Crippen LogP contribution in [0.5, 0.6) is 0 Å². The minimum Gasteiger partial charge on any atom is -0.218 e. The first-order valence-electron chi connectivity index (χ1n) is 16.7. The molecule has 1 aliphatic rings. The molecule has 0 radical (unpaired) electrons. The highest BCUT2D eigenvalue weighted by Crippen LogP contribution is 2.48. The van der Waals surface area contributed by atoms with E-state index in [-0.39, 0.29) is 5.41 Å². The summed E-state index contributed by atoms with van der Waals surface area (Å²) in [6.45, 7) is 6.33. The zero-order valence-corrected chi connectivity index (χ0v) is 28.6. The summed E-state index contributed by atoms with van der Waals surface area (Å²) in [4.78, 5) is 0.798. The Labute approximate surface area is 289 Å². The van der Waals surface area contributed by atoms with Gasteiger partial charge in [-0.25, -0.2) is 8.42 Å². The third-order valence-corrected chi connectivity index (χ3v) is 11.5. The Hall–Kier alpha value is -5.51. The molecule has 0 aromatic heterocycles. The molecule has 8 rings (SSSR count). The minimum atomic E-state index is -3.70. The van der Waals surface area contributed by atoms with E-state index in [2.05, 4.69) is 130 Å². The van der Waals surface area contributed by atoms with Crippen LogP contribution in [0.25, 0.3) is 66.8 Å². The summed E-state index contributed by atoms with van der Waals surface area (Å²) in [7, 11) is -3.70. The van der Waals surface area contributed by atoms with Crippen LogP contribution in [0, 0.1) is 0 Å². The number of benzene rings is 7. The van der Waals surface area contributed by atoms with E-state index in [1.54, 1.807) is 0 Å². The Balaban J connectivity index is 1.21. The van der Waals surface area contributed by atoms with E-state index in [0.717, 1.165) is 50.1 Å². The molecule has 7 aromatic rings. The van der Waals surface area contributed by atoms with Crippen LogP contribution < -0.4 is 0 Å². The van der Waals surface area contributed by atoms with Gasteiger partial charge >= 0.3 is 0 Å². The molecule has 238 valence electrons. The van der Waals surface area contributed by atoms with Gasteiger partial charge in [-0.05, 0) is 97.4 Å². The standard InChI is InChI=1S/C46H36O2S/c1-46(2,3)40-23-24-42-43-22-12-21-41(45(43)49(47,48)44(42)30-40)36-20-11-18-34(26-36)33-17-10-19-35(25-33)39-28-37(31-13-6-4-7-14-31)27-38(29-39)32-15-8-5-9-16-32/h4-30H,1-3H3. The zero-order valence-electron chi connectivity index (χ0n) is 27.8. The second-order valence-electron chi connectivity index (χ2n) is 13.8. The van der Waals surface area contributed by atoms with Gasteiger partial charge in [0.15, 0.2) is 0 Å². The van der Waals surface area contributed by atoms with E-state index in [4.69, 9.17) is 0 Å². The van der Waals surface area contributed by atoms with Crippen LogP contribution in [0.15, 0.2) is 174 Å². The van der Waals surface area contributed by atoms with Crippen molar-refractivity contribution in [3.05, 3.63) is 169 Å². The number of sulfone groups is 1. The second-order valence-corrected chi connectivity index (χ2v) is 15.7. The quantitative estimate of drug-likeness (QED) is 0.185. The maximum Gasteiger partial charge on any atom is 0.208 e. The summed E-state index contributed by atoms with van der Waals surface area (Å²) >= 11 is 0. The van der Waals surface area contributed by atoms with Gasteiger partial charge in [0.05, 0.1) is 9.79 Å². The third-order valence-electron chi connectivity index (χ3n) is 9.56. The molecule has 0 saturated carbocycles. The SMILES string of the molecule is CC(C)(C)c1ccc2c(c1)S(=O)(=O)c1c(-c3cccc(-c4cccc(-c5cc(-c6ccccc6)cc(-c6ccccc6)c5)c4)c3)cccc1-2. The summed E-state index contributed by atoms with van der Waals surface area (Å²) < 4.78 is 28.3. The molecule has 0 atom stereocenters. The number of hydrogen-bond acceptors (Lipinski definition) is 2. The summed E-state index contributed by atoms with van der Waals surface area (Å²) in [5, 5.41) is 0. The first-order valence-corrected chi connectivity index (χ1v) is 18.2. The van der Waals surface area contributed by atoms with Crippen LogP contribution in [0.1, 0.15) is 26.3 Å². The molecule has 0 fully saturated rings. The van der Waals surface area contributed by atoms with Crippen LogP contribution in [0.2, 0.25) is 0 Å². The van der Waals surface area contributed by atoms with E-state index < -0.39 is 9.84 Å². The van der Waals surface area contributed by atoms with E-state index >= 15 is 0 Å². The average molecular weight is 653 g/mol. The second kappa shape index (κ2) is 11.9. The lowest BCUT2D eigenvalue weighted by Gasteiger charge is -2.19. The summed E-state index contributed by atoms with van der Waals surface area (Å²) in [5.74, 6) is 0. The molecule has 7 aromatic carbocycles. The van der Waals surface area contributed by atoms with E-state index in [0.29, 0.717) is 9.79 Å². The molecule has 0 spiro atoms. The lowest BCUT2D eigenvalue weighted by Crippen LogP contribution is -2.11. The average Bonchev–Trinajstić information content (AvgIpc) is 3.37. The molecule has 0 unspecified atom stereocenters. The highest BCUT2D eigenvalue weighted by molar-refractivity contribution is 7.92. The summed E-state index contributed by atoms with van der Waals surface area (Å²) in [6.07, 6.45) is 0. The van der Waals surface area contributed by atoms with E-state index in [1.165, 1.54) is 22.3 Å².